The van der Waals surface area contributed by atoms with E-state index in [2.05, 4.69) is 59.4 Å². The summed E-state index contributed by atoms with van der Waals surface area (Å²) in [5.74, 6) is 0.797. The Labute approximate surface area is 177 Å². The number of aromatic nitrogens is 3. The largest absolute Gasteiger partial charge is 0.366 e. The summed E-state index contributed by atoms with van der Waals surface area (Å²) in [6.07, 6.45) is 1.80. The van der Waals surface area contributed by atoms with E-state index in [1.165, 1.54) is 5.56 Å². The van der Waals surface area contributed by atoms with Crippen LogP contribution in [0.1, 0.15) is 67.0 Å². The lowest BCUT2D eigenvalue weighted by atomic mass is 9.98. The Morgan fingerprint density at radius 3 is 2.57 bits per heavy atom. The maximum atomic E-state index is 12.6. The second kappa shape index (κ2) is 8.30. The van der Waals surface area contributed by atoms with Gasteiger partial charge < -0.3 is 10.2 Å². The highest BCUT2D eigenvalue weighted by Crippen LogP contribution is 2.40. The van der Waals surface area contributed by atoms with Crippen LogP contribution >= 0.6 is 0 Å². The molecule has 1 atom stereocenters. The molecule has 1 N–H and O–H groups in total. The number of rotatable bonds is 6. The molecule has 1 aromatic heterocycles. The first kappa shape index (κ1) is 20.1. The van der Waals surface area contributed by atoms with Crippen LogP contribution in [0, 0.1) is 0 Å². The minimum Gasteiger partial charge on any atom is -0.366 e. The molecule has 3 aromatic rings. The van der Waals surface area contributed by atoms with Crippen LogP contribution in [0.2, 0.25) is 0 Å². The van der Waals surface area contributed by atoms with Crippen molar-refractivity contribution >= 4 is 11.6 Å². The fraction of sp³-hybridized carbons (Fsp3) is 0.375. The Kier molecular flexibility index (Phi) is 5.57. The molecule has 4 rings (SSSR count). The summed E-state index contributed by atoms with van der Waals surface area (Å²) >= 11 is 0. The number of nitrogens with one attached hydrogen (secondary N) is 1. The molecule has 6 heteroatoms. The number of anilines is 1. The van der Waals surface area contributed by atoms with Crippen molar-refractivity contribution in [2.75, 3.05) is 11.4 Å². The molecule has 1 amide bonds. The SMILES string of the molecule is CC(C)NC(=O)c1ccc2c(c1)C(c1ncn(C(C)C)n1)CN2Cc1ccccc1. The molecule has 0 aliphatic carbocycles. The maximum absolute atomic E-state index is 12.6. The van der Waals surface area contributed by atoms with Gasteiger partial charge in [-0.3, -0.25) is 9.48 Å². The number of amides is 1. The molecule has 0 bridgehead atoms. The fourth-order valence-electron chi connectivity index (χ4n) is 3.90. The van der Waals surface area contributed by atoms with Crippen molar-refractivity contribution in [1.82, 2.24) is 20.1 Å². The summed E-state index contributed by atoms with van der Waals surface area (Å²) in [5.41, 5.74) is 4.19. The number of benzene rings is 2. The highest BCUT2D eigenvalue weighted by molar-refractivity contribution is 5.95. The van der Waals surface area contributed by atoms with Crippen molar-refractivity contribution in [1.29, 1.82) is 0 Å². The van der Waals surface area contributed by atoms with Crippen molar-refractivity contribution in [3.05, 3.63) is 77.4 Å². The normalized spacial score (nSPS) is 15.7. The third-order valence-corrected chi connectivity index (χ3v) is 5.41. The molecule has 0 fully saturated rings. The number of carbonyl (C=O) groups excluding carboxylic acids is 1. The lowest BCUT2D eigenvalue weighted by molar-refractivity contribution is 0.0943. The molecule has 0 radical (unpaired) electrons. The summed E-state index contributed by atoms with van der Waals surface area (Å²) in [4.78, 5) is 19.6. The summed E-state index contributed by atoms with van der Waals surface area (Å²) in [6.45, 7) is 9.73. The van der Waals surface area contributed by atoms with Crippen LogP contribution in [-0.4, -0.2) is 33.3 Å². The van der Waals surface area contributed by atoms with E-state index in [9.17, 15) is 4.79 Å². The van der Waals surface area contributed by atoms with Gasteiger partial charge in [0.2, 0.25) is 0 Å². The van der Waals surface area contributed by atoms with E-state index >= 15 is 0 Å². The minimum atomic E-state index is -0.0475. The van der Waals surface area contributed by atoms with Gasteiger partial charge in [0.25, 0.3) is 5.91 Å². The molecule has 6 nitrogen and oxygen atoms in total. The van der Waals surface area contributed by atoms with Crippen molar-refractivity contribution in [3.8, 4) is 0 Å². The van der Waals surface area contributed by atoms with E-state index in [4.69, 9.17) is 5.10 Å². The van der Waals surface area contributed by atoms with E-state index in [-0.39, 0.29) is 23.9 Å². The predicted octanol–water partition coefficient (Wildman–Crippen LogP) is 4.15. The van der Waals surface area contributed by atoms with Gasteiger partial charge in [-0.2, -0.15) is 5.10 Å². The smallest absolute Gasteiger partial charge is 0.251 e. The highest BCUT2D eigenvalue weighted by atomic mass is 16.1. The van der Waals surface area contributed by atoms with Crippen LogP contribution in [0.4, 0.5) is 5.69 Å². The average molecular weight is 404 g/mol. The molecule has 2 heterocycles. The zero-order chi connectivity index (χ0) is 21.3. The second-order valence-corrected chi connectivity index (χ2v) is 8.50. The zero-order valence-corrected chi connectivity index (χ0v) is 18.0. The zero-order valence-electron chi connectivity index (χ0n) is 18.0. The summed E-state index contributed by atoms with van der Waals surface area (Å²) in [6, 6.07) is 16.8. The first-order valence-corrected chi connectivity index (χ1v) is 10.6. The first-order valence-electron chi connectivity index (χ1n) is 10.6. The first-order chi connectivity index (χ1) is 14.4. The number of hydrogen-bond donors (Lipinski definition) is 1. The standard InChI is InChI=1S/C24H29N5O/c1-16(2)26-24(30)19-10-11-22-20(12-19)21(23-25-15-29(27-23)17(3)4)14-28(22)13-18-8-6-5-7-9-18/h5-12,15-17,21H,13-14H2,1-4H3,(H,26,30). The highest BCUT2D eigenvalue weighted by Gasteiger charge is 2.33. The van der Waals surface area contributed by atoms with Gasteiger partial charge in [0.1, 0.15) is 6.33 Å². The van der Waals surface area contributed by atoms with Gasteiger partial charge in [-0.25, -0.2) is 4.98 Å². The van der Waals surface area contributed by atoms with Gasteiger partial charge in [0.15, 0.2) is 5.82 Å². The molecular weight excluding hydrogens is 374 g/mol. The molecule has 0 spiro atoms. The summed E-state index contributed by atoms with van der Waals surface area (Å²) in [5, 5.41) is 7.72. The molecule has 0 saturated carbocycles. The van der Waals surface area contributed by atoms with Gasteiger partial charge in [-0.05, 0) is 57.0 Å². The Bertz CT molecular complexity index is 1030. The van der Waals surface area contributed by atoms with E-state index in [0.29, 0.717) is 5.56 Å². The van der Waals surface area contributed by atoms with Gasteiger partial charge in [-0.1, -0.05) is 30.3 Å². The predicted molar refractivity (Wildman–Crippen MR) is 119 cm³/mol. The van der Waals surface area contributed by atoms with Gasteiger partial charge >= 0.3 is 0 Å². The molecule has 1 aliphatic heterocycles. The van der Waals surface area contributed by atoms with Crippen LogP contribution in [0.5, 0.6) is 0 Å². The third kappa shape index (κ3) is 4.08. The lowest BCUT2D eigenvalue weighted by Gasteiger charge is -2.20. The van der Waals surface area contributed by atoms with Gasteiger partial charge in [0.05, 0.1) is 5.92 Å². The summed E-state index contributed by atoms with van der Waals surface area (Å²) in [7, 11) is 0. The molecule has 1 unspecified atom stereocenters. The lowest BCUT2D eigenvalue weighted by Crippen LogP contribution is -2.30. The molecule has 1 aliphatic rings. The van der Waals surface area contributed by atoms with E-state index in [1.807, 2.05) is 36.7 Å². The van der Waals surface area contributed by atoms with Crippen LogP contribution in [0.25, 0.3) is 0 Å². The number of carbonyl (C=O) groups is 1. The average Bonchev–Trinajstić information content (AvgIpc) is 3.33. The van der Waals surface area contributed by atoms with Gasteiger partial charge in [0, 0.05) is 36.4 Å². The van der Waals surface area contributed by atoms with Crippen LogP contribution in [0.15, 0.2) is 54.9 Å². The van der Waals surface area contributed by atoms with Crippen LogP contribution in [-0.2, 0) is 6.54 Å². The third-order valence-electron chi connectivity index (χ3n) is 5.41. The number of nitrogens with zero attached hydrogens (tertiary/aromatic N) is 4. The van der Waals surface area contributed by atoms with Crippen molar-refractivity contribution < 1.29 is 4.79 Å². The minimum absolute atomic E-state index is 0.0375. The molecule has 0 saturated heterocycles. The second-order valence-electron chi connectivity index (χ2n) is 8.50. The molecule has 30 heavy (non-hydrogen) atoms. The van der Waals surface area contributed by atoms with Crippen molar-refractivity contribution in [3.63, 3.8) is 0 Å². The fourth-order valence-corrected chi connectivity index (χ4v) is 3.90. The van der Waals surface area contributed by atoms with Crippen LogP contribution in [0.3, 0.4) is 0 Å². The van der Waals surface area contributed by atoms with E-state index in [0.717, 1.165) is 30.2 Å². The number of fused-ring (bicyclic) bond motifs is 1. The van der Waals surface area contributed by atoms with Crippen molar-refractivity contribution in [2.24, 2.45) is 0 Å². The Hall–Kier alpha value is -3.15. The van der Waals surface area contributed by atoms with Gasteiger partial charge in [-0.15, -0.1) is 0 Å². The molecule has 156 valence electrons. The van der Waals surface area contributed by atoms with E-state index < -0.39 is 0 Å². The maximum Gasteiger partial charge on any atom is 0.251 e. The monoisotopic (exact) mass is 403 g/mol. The Morgan fingerprint density at radius 1 is 1.13 bits per heavy atom. The molecule has 2 aromatic carbocycles. The number of hydrogen-bond acceptors (Lipinski definition) is 4. The summed E-state index contributed by atoms with van der Waals surface area (Å²) < 4.78 is 1.89. The topological polar surface area (TPSA) is 63.1 Å². The van der Waals surface area contributed by atoms with E-state index in [1.54, 1.807) is 6.33 Å². The van der Waals surface area contributed by atoms with Crippen molar-refractivity contribution in [2.45, 2.75) is 52.2 Å². The quantitative estimate of drug-likeness (QED) is 0.672. The molecular formula is C24H29N5O. The van der Waals surface area contributed by atoms with Crippen LogP contribution < -0.4 is 10.2 Å². The Balaban J connectivity index is 1.70. The Morgan fingerprint density at radius 2 is 1.90 bits per heavy atom.